The number of nitrogens with zero attached hydrogens (tertiary/aromatic N) is 1. The molecule has 1 fully saturated rings. The SMILES string of the molecule is CCNC(=NCC(NC(=O)OCC)C1CC1)NCCOC.I. The third-order valence-corrected chi connectivity index (χ3v) is 3.16. The number of rotatable bonds is 9. The summed E-state index contributed by atoms with van der Waals surface area (Å²) in [5.41, 5.74) is 0. The summed E-state index contributed by atoms with van der Waals surface area (Å²) in [6, 6.07) is 0.0435. The monoisotopic (exact) mass is 428 g/mol. The zero-order valence-corrected chi connectivity index (χ0v) is 16.0. The van der Waals surface area contributed by atoms with Gasteiger partial charge in [0.15, 0.2) is 5.96 Å². The van der Waals surface area contributed by atoms with Crippen molar-refractivity contribution >= 4 is 36.0 Å². The van der Waals surface area contributed by atoms with Crippen molar-refractivity contribution in [1.82, 2.24) is 16.0 Å². The highest BCUT2D eigenvalue weighted by molar-refractivity contribution is 14.0. The number of carbonyl (C=O) groups is 1. The molecule has 0 aromatic carbocycles. The predicted molar refractivity (Wildman–Crippen MR) is 97.9 cm³/mol. The van der Waals surface area contributed by atoms with Crippen molar-refractivity contribution in [2.75, 3.05) is 40.0 Å². The highest BCUT2D eigenvalue weighted by atomic mass is 127. The van der Waals surface area contributed by atoms with Crippen LogP contribution in [0.3, 0.4) is 0 Å². The number of amides is 1. The van der Waals surface area contributed by atoms with Gasteiger partial charge in [0.05, 0.1) is 25.8 Å². The van der Waals surface area contributed by atoms with E-state index in [0.29, 0.717) is 32.2 Å². The Morgan fingerprint density at radius 1 is 1.32 bits per heavy atom. The van der Waals surface area contributed by atoms with Gasteiger partial charge in [-0.15, -0.1) is 24.0 Å². The summed E-state index contributed by atoms with van der Waals surface area (Å²) in [4.78, 5) is 16.1. The molecule has 0 radical (unpaired) electrons. The Balaban J connectivity index is 0.00000441. The smallest absolute Gasteiger partial charge is 0.407 e. The van der Waals surface area contributed by atoms with E-state index in [9.17, 15) is 4.79 Å². The van der Waals surface area contributed by atoms with Gasteiger partial charge < -0.3 is 25.4 Å². The molecule has 7 nitrogen and oxygen atoms in total. The summed E-state index contributed by atoms with van der Waals surface area (Å²) in [7, 11) is 1.66. The number of ether oxygens (including phenoxy) is 2. The van der Waals surface area contributed by atoms with Crippen LogP contribution in [0.15, 0.2) is 4.99 Å². The quantitative estimate of drug-likeness (QED) is 0.223. The molecule has 0 aliphatic heterocycles. The van der Waals surface area contributed by atoms with Gasteiger partial charge in [-0.05, 0) is 32.6 Å². The largest absolute Gasteiger partial charge is 0.450 e. The Labute approximate surface area is 150 Å². The normalized spacial score (nSPS) is 15.5. The van der Waals surface area contributed by atoms with Crippen LogP contribution in [0.1, 0.15) is 26.7 Å². The molecular formula is C14H29IN4O3. The van der Waals surface area contributed by atoms with Gasteiger partial charge in [0.1, 0.15) is 0 Å². The maximum absolute atomic E-state index is 11.5. The van der Waals surface area contributed by atoms with Crippen molar-refractivity contribution in [2.45, 2.75) is 32.7 Å². The Morgan fingerprint density at radius 2 is 2.05 bits per heavy atom. The van der Waals surface area contributed by atoms with Crippen LogP contribution in [0.2, 0.25) is 0 Å². The second-order valence-corrected chi connectivity index (χ2v) is 4.95. The van der Waals surface area contributed by atoms with Crippen molar-refractivity contribution in [1.29, 1.82) is 0 Å². The van der Waals surface area contributed by atoms with E-state index in [2.05, 4.69) is 20.9 Å². The van der Waals surface area contributed by atoms with Crippen LogP contribution >= 0.6 is 24.0 Å². The van der Waals surface area contributed by atoms with E-state index >= 15 is 0 Å². The Bertz CT molecular complexity index is 338. The van der Waals surface area contributed by atoms with Gasteiger partial charge in [-0.1, -0.05) is 0 Å². The molecule has 0 bridgehead atoms. The molecule has 8 heteroatoms. The lowest BCUT2D eigenvalue weighted by Gasteiger charge is -2.17. The van der Waals surface area contributed by atoms with Crippen LogP contribution in [0.25, 0.3) is 0 Å². The van der Waals surface area contributed by atoms with Gasteiger partial charge in [-0.2, -0.15) is 0 Å². The first-order valence-corrected chi connectivity index (χ1v) is 7.65. The molecule has 22 heavy (non-hydrogen) atoms. The van der Waals surface area contributed by atoms with Crippen LogP contribution < -0.4 is 16.0 Å². The number of methoxy groups -OCH3 is 1. The number of hydrogen-bond acceptors (Lipinski definition) is 4. The van der Waals surface area contributed by atoms with Crippen molar-refractivity contribution in [3.05, 3.63) is 0 Å². The maximum atomic E-state index is 11.5. The Kier molecular flexibility index (Phi) is 12.3. The predicted octanol–water partition coefficient (Wildman–Crippen LogP) is 1.33. The van der Waals surface area contributed by atoms with Gasteiger partial charge >= 0.3 is 6.09 Å². The van der Waals surface area contributed by atoms with Crippen molar-refractivity contribution in [3.8, 4) is 0 Å². The minimum Gasteiger partial charge on any atom is -0.450 e. The average Bonchev–Trinajstić information content (AvgIpc) is 3.28. The van der Waals surface area contributed by atoms with Crippen LogP contribution in [0.4, 0.5) is 4.79 Å². The lowest BCUT2D eigenvalue weighted by Crippen LogP contribution is -2.42. The highest BCUT2D eigenvalue weighted by Gasteiger charge is 2.32. The first kappa shape index (κ1) is 21.2. The van der Waals surface area contributed by atoms with Crippen molar-refractivity contribution in [2.24, 2.45) is 10.9 Å². The lowest BCUT2D eigenvalue weighted by atomic mass is 10.2. The second kappa shape index (κ2) is 12.7. The van der Waals surface area contributed by atoms with Gasteiger partial charge in [-0.25, -0.2) is 4.79 Å². The zero-order chi connectivity index (χ0) is 15.5. The molecule has 1 aliphatic carbocycles. The van der Waals surface area contributed by atoms with Crippen LogP contribution in [0.5, 0.6) is 0 Å². The highest BCUT2D eigenvalue weighted by Crippen LogP contribution is 2.32. The first-order valence-electron chi connectivity index (χ1n) is 7.65. The molecule has 3 N–H and O–H groups in total. The topological polar surface area (TPSA) is 84.0 Å². The van der Waals surface area contributed by atoms with E-state index in [1.165, 1.54) is 0 Å². The molecule has 0 aromatic rings. The summed E-state index contributed by atoms with van der Waals surface area (Å²) in [6.07, 6.45) is 1.92. The fourth-order valence-corrected chi connectivity index (χ4v) is 1.94. The van der Waals surface area contributed by atoms with E-state index in [4.69, 9.17) is 9.47 Å². The molecule has 1 amide bonds. The second-order valence-electron chi connectivity index (χ2n) is 4.95. The molecule has 1 aliphatic rings. The third kappa shape index (κ3) is 9.29. The fourth-order valence-electron chi connectivity index (χ4n) is 1.94. The molecule has 1 unspecified atom stereocenters. The van der Waals surface area contributed by atoms with E-state index < -0.39 is 0 Å². The molecule has 1 atom stereocenters. The first-order chi connectivity index (χ1) is 10.2. The molecule has 0 spiro atoms. The number of aliphatic imine (C=N–C) groups is 1. The lowest BCUT2D eigenvalue weighted by molar-refractivity contribution is 0.147. The number of guanidine groups is 1. The van der Waals surface area contributed by atoms with E-state index in [-0.39, 0.29) is 36.1 Å². The number of halogens is 1. The summed E-state index contributed by atoms with van der Waals surface area (Å²) in [5.74, 6) is 1.26. The molecule has 1 saturated carbocycles. The summed E-state index contributed by atoms with van der Waals surface area (Å²) in [5, 5.41) is 9.25. The average molecular weight is 428 g/mol. The minimum absolute atomic E-state index is 0. The molecular weight excluding hydrogens is 399 g/mol. The fraction of sp³-hybridized carbons (Fsp3) is 0.857. The Hall–Kier alpha value is -0.770. The van der Waals surface area contributed by atoms with Gasteiger partial charge in [0.25, 0.3) is 0 Å². The van der Waals surface area contributed by atoms with Gasteiger partial charge in [0.2, 0.25) is 0 Å². The van der Waals surface area contributed by atoms with E-state index in [1.807, 2.05) is 6.92 Å². The van der Waals surface area contributed by atoms with Crippen molar-refractivity contribution in [3.63, 3.8) is 0 Å². The summed E-state index contributed by atoms with van der Waals surface area (Å²) in [6.45, 7) is 6.85. The molecule has 0 saturated heterocycles. The van der Waals surface area contributed by atoms with Crippen molar-refractivity contribution < 1.29 is 14.3 Å². The van der Waals surface area contributed by atoms with Crippen LogP contribution in [-0.4, -0.2) is 58.1 Å². The molecule has 0 aromatic heterocycles. The van der Waals surface area contributed by atoms with Gasteiger partial charge in [-0.3, -0.25) is 4.99 Å². The van der Waals surface area contributed by atoms with E-state index in [0.717, 1.165) is 25.3 Å². The zero-order valence-electron chi connectivity index (χ0n) is 13.7. The summed E-state index contributed by atoms with van der Waals surface area (Å²) >= 11 is 0. The number of nitrogens with one attached hydrogen (secondary N) is 3. The third-order valence-electron chi connectivity index (χ3n) is 3.16. The van der Waals surface area contributed by atoms with E-state index in [1.54, 1.807) is 14.0 Å². The molecule has 130 valence electrons. The van der Waals surface area contributed by atoms with Gasteiger partial charge in [0, 0.05) is 20.2 Å². The maximum Gasteiger partial charge on any atom is 0.407 e. The molecule has 0 heterocycles. The Morgan fingerprint density at radius 3 is 2.59 bits per heavy atom. The number of hydrogen-bond donors (Lipinski definition) is 3. The molecule has 1 rings (SSSR count). The standard InChI is InChI=1S/C14H28N4O3.HI/c1-4-15-13(16-8-9-20-3)17-10-12(11-6-7-11)18-14(19)21-5-2;/h11-12H,4-10H2,1-3H3,(H,18,19)(H2,15,16,17);1H. The van der Waals surface area contributed by atoms with Crippen LogP contribution in [-0.2, 0) is 9.47 Å². The minimum atomic E-state index is -0.359. The summed E-state index contributed by atoms with van der Waals surface area (Å²) < 4.78 is 9.94. The number of alkyl carbamates (subject to hydrolysis) is 1. The van der Waals surface area contributed by atoms with Crippen LogP contribution in [0, 0.1) is 5.92 Å². The number of carbonyl (C=O) groups excluding carboxylic acids is 1.